The third-order valence-electron chi connectivity index (χ3n) is 6.04. The normalized spacial score (nSPS) is 11.7. The van der Waals surface area contributed by atoms with Gasteiger partial charge in [-0.1, -0.05) is 60.7 Å². The standard InChI is InChI=1S/C28H19BrN4O4S/c29-23-16-15-22(37-23)28(34)32-27-25(38(35,36)19-11-5-2-6-12-19)24-26(31-21-14-8-7-13-20(21)30-24)33(27)17-18-9-3-1-4-10-18/h1-16H,17H2,(H,32,34). The smallest absolute Gasteiger partial charge is 0.292 e. The van der Waals surface area contributed by atoms with Crippen LogP contribution in [0.15, 0.2) is 116 Å². The summed E-state index contributed by atoms with van der Waals surface area (Å²) >= 11 is 3.21. The van der Waals surface area contributed by atoms with Crippen molar-refractivity contribution < 1.29 is 17.6 Å². The minimum absolute atomic E-state index is 0.0162. The number of nitrogens with one attached hydrogen (secondary N) is 1. The van der Waals surface area contributed by atoms with Gasteiger partial charge in [0, 0.05) is 0 Å². The molecule has 0 aliphatic carbocycles. The largest absolute Gasteiger partial charge is 0.444 e. The molecule has 0 aliphatic rings. The third kappa shape index (κ3) is 4.27. The first-order chi connectivity index (χ1) is 18.4. The van der Waals surface area contributed by atoms with E-state index in [1.54, 1.807) is 34.9 Å². The highest BCUT2D eigenvalue weighted by atomic mass is 79.9. The minimum atomic E-state index is -4.14. The van der Waals surface area contributed by atoms with E-state index < -0.39 is 15.7 Å². The summed E-state index contributed by atoms with van der Waals surface area (Å²) in [6, 6.07) is 27.9. The number of fused-ring (bicyclic) bond motifs is 2. The highest BCUT2D eigenvalue weighted by molar-refractivity contribution is 9.10. The maximum Gasteiger partial charge on any atom is 0.292 e. The van der Waals surface area contributed by atoms with Crippen LogP contribution in [0.1, 0.15) is 16.1 Å². The van der Waals surface area contributed by atoms with Gasteiger partial charge in [0.25, 0.3) is 5.91 Å². The molecule has 0 aliphatic heterocycles. The van der Waals surface area contributed by atoms with Gasteiger partial charge in [0.1, 0.15) is 16.2 Å². The zero-order valence-corrected chi connectivity index (χ0v) is 22.1. The van der Waals surface area contributed by atoms with Gasteiger partial charge in [-0.3, -0.25) is 4.79 Å². The Hall–Kier alpha value is -4.28. The number of hydrogen-bond donors (Lipinski definition) is 1. The van der Waals surface area contributed by atoms with Crippen molar-refractivity contribution in [1.29, 1.82) is 0 Å². The van der Waals surface area contributed by atoms with E-state index in [0.29, 0.717) is 21.4 Å². The molecule has 10 heteroatoms. The van der Waals surface area contributed by atoms with E-state index in [2.05, 4.69) is 21.2 Å². The van der Waals surface area contributed by atoms with Crippen molar-refractivity contribution in [2.24, 2.45) is 0 Å². The molecular formula is C28H19BrN4O4S. The third-order valence-corrected chi connectivity index (χ3v) is 8.29. The molecule has 0 spiro atoms. The number of rotatable bonds is 6. The SMILES string of the molecule is O=C(Nc1c(S(=O)(=O)c2ccccc2)c2nc3ccccc3nc2n1Cc1ccccc1)c1ccc(Br)o1. The fourth-order valence-electron chi connectivity index (χ4n) is 4.29. The number of benzene rings is 3. The Morgan fingerprint density at radius 3 is 2.13 bits per heavy atom. The Labute approximate surface area is 226 Å². The summed E-state index contributed by atoms with van der Waals surface area (Å²) in [7, 11) is -4.14. The molecule has 0 fully saturated rings. The molecule has 8 nitrogen and oxygen atoms in total. The monoisotopic (exact) mass is 586 g/mol. The van der Waals surface area contributed by atoms with E-state index in [1.165, 1.54) is 18.2 Å². The summed E-state index contributed by atoms with van der Waals surface area (Å²) in [4.78, 5) is 22.8. The van der Waals surface area contributed by atoms with E-state index in [-0.39, 0.29) is 33.4 Å². The number of amides is 1. The van der Waals surface area contributed by atoms with E-state index in [0.717, 1.165) is 5.56 Å². The molecule has 1 N–H and O–H groups in total. The molecule has 6 rings (SSSR count). The molecule has 3 aromatic carbocycles. The topological polar surface area (TPSA) is 107 Å². The van der Waals surface area contributed by atoms with Gasteiger partial charge < -0.3 is 14.3 Å². The predicted octanol–water partition coefficient (Wildman–Crippen LogP) is 6.07. The van der Waals surface area contributed by atoms with Gasteiger partial charge in [-0.15, -0.1) is 0 Å². The molecule has 3 heterocycles. The molecule has 0 saturated carbocycles. The highest BCUT2D eigenvalue weighted by Crippen LogP contribution is 2.38. The van der Waals surface area contributed by atoms with Gasteiger partial charge >= 0.3 is 0 Å². The number of para-hydroxylation sites is 2. The first kappa shape index (κ1) is 24.1. The maximum absolute atomic E-state index is 14.1. The van der Waals surface area contributed by atoms with Crippen LogP contribution in [0.3, 0.4) is 0 Å². The average Bonchev–Trinajstić information content (AvgIpc) is 3.50. The Bertz CT molecular complexity index is 1920. The van der Waals surface area contributed by atoms with Gasteiger partial charge in [0.2, 0.25) is 9.84 Å². The summed E-state index contributed by atoms with van der Waals surface area (Å²) in [5, 5.41) is 2.80. The van der Waals surface area contributed by atoms with Gasteiger partial charge in [0.15, 0.2) is 16.1 Å². The Morgan fingerprint density at radius 1 is 0.842 bits per heavy atom. The second-order valence-corrected chi connectivity index (χ2v) is 11.2. The lowest BCUT2D eigenvalue weighted by atomic mass is 10.2. The highest BCUT2D eigenvalue weighted by Gasteiger charge is 2.33. The lowest BCUT2D eigenvalue weighted by Gasteiger charge is -2.13. The van der Waals surface area contributed by atoms with E-state index in [4.69, 9.17) is 14.4 Å². The van der Waals surface area contributed by atoms with Crippen LogP contribution in [-0.4, -0.2) is 28.9 Å². The average molecular weight is 587 g/mol. The molecule has 0 saturated heterocycles. The van der Waals surface area contributed by atoms with Crippen LogP contribution >= 0.6 is 15.9 Å². The number of aromatic nitrogens is 3. The Balaban J connectivity index is 1.67. The van der Waals surface area contributed by atoms with Crippen molar-refractivity contribution >= 4 is 59.7 Å². The quantitative estimate of drug-likeness (QED) is 0.253. The summed E-state index contributed by atoms with van der Waals surface area (Å²) in [6.45, 7) is 0.242. The van der Waals surface area contributed by atoms with Gasteiger partial charge in [0.05, 0.1) is 22.5 Å². The molecule has 6 aromatic rings. The fourth-order valence-corrected chi connectivity index (χ4v) is 6.16. The van der Waals surface area contributed by atoms with Crippen molar-refractivity contribution in [3.05, 3.63) is 113 Å². The maximum atomic E-state index is 14.1. The number of halogens is 1. The Kier molecular flexibility index (Phi) is 6.05. The van der Waals surface area contributed by atoms with E-state index in [1.807, 2.05) is 48.5 Å². The second kappa shape index (κ2) is 9.55. The first-order valence-electron chi connectivity index (χ1n) is 11.6. The van der Waals surface area contributed by atoms with E-state index in [9.17, 15) is 13.2 Å². The van der Waals surface area contributed by atoms with Gasteiger partial charge in [-0.25, -0.2) is 18.4 Å². The molecule has 0 unspecified atom stereocenters. The van der Waals surface area contributed by atoms with Gasteiger partial charge in [-0.05, 0) is 57.9 Å². The molecule has 0 radical (unpaired) electrons. The van der Waals surface area contributed by atoms with Crippen molar-refractivity contribution in [2.75, 3.05) is 5.32 Å². The van der Waals surface area contributed by atoms with Crippen LogP contribution in [0.5, 0.6) is 0 Å². The molecule has 188 valence electrons. The van der Waals surface area contributed by atoms with Crippen LogP contribution in [0.25, 0.3) is 22.2 Å². The van der Waals surface area contributed by atoms with Crippen molar-refractivity contribution in [3.8, 4) is 0 Å². The molecule has 1 amide bonds. The number of nitrogens with zero attached hydrogens (tertiary/aromatic N) is 3. The minimum Gasteiger partial charge on any atom is -0.444 e. The fraction of sp³-hybridized carbons (Fsp3) is 0.0357. The summed E-state index contributed by atoms with van der Waals surface area (Å²) in [5.41, 5.74) is 2.52. The number of hydrogen-bond acceptors (Lipinski definition) is 6. The first-order valence-corrected chi connectivity index (χ1v) is 13.9. The second-order valence-electron chi connectivity index (χ2n) is 8.51. The molecule has 0 bridgehead atoms. The number of carbonyl (C=O) groups excluding carboxylic acids is 1. The van der Waals surface area contributed by atoms with E-state index >= 15 is 0 Å². The van der Waals surface area contributed by atoms with Crippen LogP contribution < -0.4 is 5.32 Å². The number of anilines is 1. The molecular weight excluding hydrogens is 568 g/mol. The number of sulfone groups is 1. The van der Waals surface area contributed by atoms with Crippen molar-refractivity contribution in [1.82, 2.24) is 14.5 Å². The summed E-state index contributed by atoms with van der Waals surface area (Å²) < 4.78 is 35.7. The van der Waals surface area contributed by atoms with Crippen molar-refractivity contribution in [2.45, 2.75) is 16.3 Å². The molecule has 3 aromatic heterocycles. The lowest BCUT2D eigenvalue weighted by molar-refractivity contribution is 0.0994. The van der Waals surface area contributed by atoms with Crippen LogP contribution in [-0.2, 0) is 16.4 Å². The van der Waals surface area contributed by atoms with Gasteiger partial charge in [-0.2, -0.15) is 0 Å². The summed E-state index contributed by atoms with van der Waals surface area (Å²) in [6.07, 6.45) is 0. The van der Waals surface area contributed by atoms with Crippen LogP contribution in [0.4, 0.5) is 5.82 Å². The predicted molar refractivity (Wildman–Crippen MR) is 147 cm³/mol. The lowest BCUT2D eigenvalue weighted by Crippen LogP contribution is -2.17. The zero-order chi connectivity index (χ0) is 26.3. The number of furan rings is 1. The van der Waals surface area contributed by atoms with Crippen molar-refractivity contribution in [3.63, 3.8) is 0 Å². The Morgan fingerprint density at radius 2 is 1.47 bits per heavy atom. The molecule has 0 atom stereocenters. The molecule has 38 heavy (non-hydrogen) atoms. The zero-order valence-electron chi connectivity index (χ0n) is 19.7. The summed E-state index contributed by atoms with van der Waals surface area (Å²) in [5.74, 6) is -0.537. The van der Waals surface area contributed by atoms with Crippen LogP contribution in [0, 0.1) is 0 Å². The van der Waals surface area contributed by atoms with Crippen LogP contribution in [0.2, 0.25) is 0 Å². The number of carbonyl (C=O) groups is 1.